The second-order valence-electron chi connectivity index (χ2n) is 8.39. The van der Waals surface area contributed by atoms with Gasteiger partial charge in [-0.15, -0.1) is 11.3 Å². The zero-order chi connectivity index (χ0) is 17.4. The maximum atomic E-state index is 12.8. The molecule has 0 nitrogen and oxygen atoms in total. The standard InChI is InChI=1S/C21H27F3S/c22-21(23,24)20-12-11-19(25-20)18-9-7-17(8-10-18)16-5-3-15(4-6-16)13-14-1-2-14/h9,11-12,14-17H,1-8,10,13H2. The van der Waals surface area contributed by atoms with E-state index in [1.165, 1.54) is 51.0 Å². The lowest BCUT2D eigenvalue weighted by Crippen LogP contribution is -2.23. The first-order valence-corrected chi connectivity index (χ1v) is 10.7. The summed E-state index contributed by atoms with van der Waals surface area (Å²) in [5.41, 5.74) is 1.14. The van der Waals surface area contributed by atoms with Crippen molar-refractivity contribution in [3.05, 3.63) is 28.0 Å². The minimum Gasteiger partial charge on any atom is -0.165 e. The molecule has 4 heteroatoms. The normalized spacial score (nSPS) is 31.0. The maximum absolute atomic E-state index is 12.8. The van der Waals surface area contributed by atoms with Crippen LogP contribution >= 0.6 is 11.3 Å². The first kappa shape index (κ1) is 17.6. The third-order valence-electron chi connectivity index (χ3n) is 6.58. The molecule has 0 N–H and O–H groups in total. The first-order valence-electron chi connectivity index (χ1n) is 9.85. The van der Waals surface area contributed by atoms with E-state index in [0.29, 0.717) is 0 Å². The number of alkyl halides is 3. The number of rotatable bonds is 4. The van der Waals surface area contributed by atoms with Gasteiger partial charge in [-0.3, -0.25) is 0 Å². The van der Waals surface area contributed by atoms with Crippen molar-refractivity contribution >= 4 is 16.9 Å². The highest BCUT2D eigenvalue weighted by atomic mass is 32.1. The van der Waals surface area contributed by atoms with Crippen molar-refractivity contribution in [3.63, 3.8) is 0 Å². The summed E-state index contributed by atoms with van der Waals surface area (Å²) in [7, 11) is 0. The molecule has 0 amide bonds. The molecule has 0 bridgehead atoms. The van der Waals surface area contributed by atoms with Gasteiger partial charge in [0, 0.05) is 4.88 Å². The van der Waals surface area contributed by atoms with Crippen LogP contribution in [0, 0.1) is 23.7 Å². The Hall–Kier alpha value is -0.770. The van der Waals surface area contributed by atoms with Crippen LogP contribution in [0.2, 0.25) is 0 Å². The summed E-state index contributed by atoms with van der Waals surface area (Å²) in [4.78, 5) is 0.346. The van der Waals surface area contributed by atoms with Gasteiger partial charge in [0.15, 0.2) is 0 Å². The van der Waals surface area contributed by atoms with Gasteiger partial charge < -0.3 is 0 Å². The Bertz CT molecular complexity index is 615. The van der Waals surface area contributed by atoms with E-state index < -0.39 is 11.1 Å². The average Bonchev–Trinajstić information content (AvgIpc) is 3.25. The van der Waals surface area contributed by atoms with Crippen molar-refractivity contribution in [1.82, 2.24) is 0 Å². The average molecular weight is 369 g/mol. The smallest absolute Gasteiger partial charge is 0.165 e. The Morgan fingerprint density at radius 2 is 1.56 bits per heavy atom. The highest BCUT2D eigenvalue weighted by molar-refractivity contribution is 7.13. The molecular formula is C21H27F3S. The monoisotopic (exact) mass is 368 g/mol. The molecule has 1 atom stereocenters. The van der Waals surface area contributed by atoms with Gasteiger partial charge in [0.1, 0.15) is 4.88 Å². The summed E-state index contributed by atoms with van der Waals surface area (Å²) in [6.45, 7) is 0. The van der Waals surface area contributed by atoms with Gasteiger partial charge in [0.05, 0.1) is 0 Å². The van der Waals surface area contributed by atoms with Gasteiger partial charge in [-0.25, -0.2) is 0 Å². The Labute approximate surface area is 152 Å². The highest BCUT2D eigenvalue weighted by Gasteiger charge is 2.34. The molecule has 1 heterocycles. The SMILES string of the molecule is FC(F)(F)c1ccc(C2=CCC(C3CCC(CC4CC4)CC3)CC2)s1. The second kappa shape index (κ2) is 7.09. The van der Waals surface area contributed by atoms with Gasteiger partial charge in [-0.2, -0.15) is 13.2 Å². The van der Waals surface area contributed by atoms with Crippen LogP contribution in [-0.2, 0) is 6.18 Å². The quantitative estimate of drug-likeness (QED) is 0.514. The fourth-order valence-electron chi connectivity index (χ4n) is 4.89. The minimum absolute atomic E-state index is 0.473. The molecule has 0 aliphatic heterocycles. The Kier molecular flexibility index (Phi) is 5.00. The lowest BCUT2D eigenvalue weighted by molar-refractivity contribution is -0.134. The fourth-order valence-corrected chi connectivity index (χ4v) is 5.83. The molecule has 4 rings (SSSR count). The van der Waals surface area contributed by atoms with Crippen molar-refractivity contribution < 1.29 is 13.2 Å². The molecule has 2 saturated carbocycles. The molecule has 25 heavy (non-hydrogen) atoms. The molecular weight excluding hydrogens is 341 g/mol. The van der Waals surface area contributed by atoms with Crippen LogP contribution in [0.25, 0.3) is 5.57 Å². The summed E-state index contributed by atoms with van der Waals surface area (Å²) < 4.78 is 38.3. The number of thiophene rings is 1. The lowest BCUT2D eigenvalue weighted by Gasteiger charge is -2.35. The van der Waals surface area contributed by atoms with Crippen molar-refractivity contribution in [2.45, 2.75) is 70.4 Å². The minimum atomic E-state index is -4.21. The zero-order valence-electron chi connectivity index (χ0n) is 14.7. The van der Waals surface area contributed by atoms with Gasteiger partial charge >= 0.3 is 6.18 Å². The number of halogens is 3. The van der Waals surface area contributed by atoms with Crippen LogP contribution in [0.5, 0.6) is 0 Å². The lowest BCUT2D eigenvalue weighted by atomic mass is 9.70. The van der Waals surface area contributed by atoms with Crippen LogP contribution in [0.15, 0.2) is 18.2 Å². The van der Waals surface area contributed by atoms with Gasteiger partial charge in [-0.05, 0) is 79.9 Å². The van der Waals surface area contributed by atoms with Crippen molar-refractivity contribution in [2.24, 2.45) is 23.7 Å². The summed E-state index contributed by atoms with van der Waals surface area (Å²) >= 11 is 0.902. The Morgan fingerprint density at radius 1 is 0.880 bits per heavy atom. The number of allylic oxidation sites excluding steroid dienone is 2. The molecule has 3 aliphatic carbocycles. The molecule has 0 radical (unpaired) electrons. The summed E-state index contributed by atoms with van der Waals surface area (Å²) in [5, 5.41) is 0. The Balaban J connectivity index is 1.30. The van der Waals surface area contributed by atoms with Gasteiger partial charge in [-0.1, -0.05) is 31.8 Å². The molecule has 1 unspecified atom stereocenters. The van der Waals surface area contributed by atoms with Crippen LogP contribution in [0.1, 0.15) is 74.0 Å². The first-order chi connectivity index (χ1) is 12.0. The fraction of sp³-hybridized carbons (Fsp3) is 0.714. The molecule has 0 spiro atoms. The van der Waals surface area contributed by atoms with Gasteiger partial charge in [0.25, 0.3) is 0 Å². The maximum Gasteiger partial charge on any atom is 0.425 e. The van der Waals surface area contributed by atoms with E-state index in [9.17, 15) is 13.2 Å². The molecule has 138 valence electrons. The number of hydrogen-bond donors (Lipinski definition) is 0. The molecule has 1 aromatic heterocycles. The number of hydrogen-bond acceptors (Lipinski definition) is 1. The van der Waals surface area contributed by atoms with E-state index in [0.717, 1.165) is 64.7 Å². The molecule has 2 fully saturated rings. The van der Waals surface area contributed by atoms with E-state index >= 15 is 0 Å². The van der Waals surface area contributed by atoms with E-state index in [4.69, 9.17) is 0 Å². The van der Waals surface area contributed by atoms with Crippen LogP contribution in [0.4, 0.5) is 13.2 Å². The predicted octanol–water partition coefficient (Wildman–Crippen LogP) is 7.56. The zero-order valence-corrected chi connectivity index (χ0v) is 15.5. The van der Waals surface area contributed by atoms with Crippen molar-refractivity contribution in [3.8, 4) is 0 Å². The third-order valence-corrected chi connectivity index (χ3v) is 7.78. The van der Waals surface area contributed by atoms with Crippen LogP contribution in [0.3, 0.4) is 0 Å². The van der Waals surface area contributed by atoms with E-state index in [-0.39, 0.29) is 0 Å². The van der Waals surface area contributed by atoms with E-state index in [1.54, 1.807) is 6.07 Å². The highest BCUT2D eigenvalue weighted by Crippen LogP contribution is 2.46. The summed E-state index contributed by atoms with van der Waals surface area (Å²) in [5.74, 6) is 3.63. The summed E-state index contributed by atoms with van der Waals surface area (Å²) in [6, 6.07) is 2.89. The Morgan fingerprint density at radius 3 is 2.08 bits per heavy atom. The van der Waals surface area contributed by atoms with Crippen LogP contribution in [-0.4, -0.2) is 0 Å². The largest absolute Gasteiger partial charge is 0.425 e. The van der Waals surface area contributed by atoms with E-state index in [1.807, 2.05) is 0 Å². The second-order valence-corrected chi connectivity index (χ2v) is 9.47. The molecule has 0 saturated heterocycles. The summed E-state index contributed by atoms with van der Waals surface area (Å²) in [6.07, 6.45) is 11.2. The predicted molar refractivity (Wildman–Crippen MR) is 97.4 cm³/mol. The topological polar surface area (TPSA) is 0 Å². The van der Waals surface area contributed by atoms with Crippen molar-refractivity contribution in [2.75, 3.05) is 0 Å². The van der Waals surface area contributed by atoms with Gasteiger partial charge in [0.2, 0.25) is 0 Å². The molecule has 3 aliphatic rings. The van der Waals surface area contributed by atoms with Crippen molar-refractivity contribution in [1.29, 1.82) is 0 Å². The third kappa shape index (κ3) is 4.32. The van der Waals surface area contributed by atoms with E-state index in [2.05, 4.69) is 6.08 Å². The molecule has 0 aromatic carbocycles. The molecule has 1 aromatic rings. The van der Waals surface area contributed by atoms with Crippen LogP contribution < -0.4 is 0 Å².